The first-order chi connectivity index (χ1) is 13.8. The number of rotatable bonds is 5. The molecular formula is C20H19Cl2N3O3S. The van der Waals surface area contributed by atoms with E-state index >= 15 is 0 Å². The van der Waals surface area contributed by atoms with Gasteiger partial charge >= 0.3 is 0 Å². The van der Waals surface area contributed by atoms with Crippen LogP contribution in [0.5, 0.6) is 5.75 Å². The van der Waals surface area contributed by atoms with Crippen LogP contribution in [0.1, 0.15) is 12.0 Å². The van der Waals surface area contributed by atoms with Crippen molar-refractivity contribution < 1.29 is 14.3 Å². The van der Waals surface area contributed by atoms with Crippen molar-refractivity contribution in [1.29, 1.82) is 0 Å². The molecule has 6 nitrogen and oxygen atoms in total. The van der Waals surface area contributed by atoms with Gasteiger partial charge in [-0.1, -0.05) is 35.0 Å². The van der Waals surface area contributed by atoms with E-state index in [1.165, 1.54) is 23.8 Å². The molecule has 2 aromatic carbocycles. The Morgan fingerprint density at radius 3 is 2.62 bits per heavy atom. The normalized spacial score (nSPS) is 17.7. The highest BCUT2D eigenvalue weighted by molar-refractivity contribution is 8.15. The summed E-state index contributed by atoms with van der Waals surface area (Å²) in [4.78, 5) is 31.0. The van der Waals surface area contributed by atoms with Gasteiger partial charge in [-0.15, -0.1) is 0 Å². The summed E-state index contributed by atoms with van der Waals surface area (Å²) in [6.45, 7) is 1.86. The summed E-state index contributed by atoms with van der Waals surface area (Å²) in [5.41, 5.74) is 2.04. The van der Waals surface area contributed by atoms with Crippen LogP contribution >= 0.6 is 35.0 Å². The molecule has 0 saturated carbocycles. The van der Waals surface area contributed by atoms with E-state index in [1.54, 1.807) is 43.4 Å². The van der Waals surface area contributed by atoms with Crippen LogP contribution in [0.15, 0.2) is 41.4 Å². The molecule has 9 heteroatoms. The number of hydrogen-bond acceptors (Lipinski definition) is 5. The molecule has 29 heavy (non-hydrogen) atoms. The highest BCUT2D eigenvalue weighted by Crippen LogP contribution is 2.35. The Bertz CT molecular complexity index is 997. The molecule has 0 aromatic heterocycles. The average molecular weight is 452 g/mol. The Morgan fingerprint density at radius 1 is 1.24 bits per heavy atom. The fourth-order valence-corrected chi connectivity index (χ4v) is 4.33. The number of aliphatic imine (C=N–C) groups is 1. The maximum Gasteiger partial charge on any atom is 0.242 e. The molecule has 2 aromatic rings. The first-order valence-corrected chi connectivity index (χ1v) is 10.3. The Hall–Kier alpha value is -2.22. The van der Waals surface area contributed by atoms with Crippen LogP contribution in [0, 0.1) is 6.92 Å². The smallest absolute Gasteiger partial charge is 0.242 e. The van der Waals surface area contributed by atoms with E-state index in [9.17, 15) is 9.59 Å². The number of amidine groups is 1. The minimum Gasteiger partial charge on any atom is -0.494 e. The maximum atomic E-state index is 12.6. The Morgan fingerprint density at radius 2 is 1.93 bits per heavy atom. The number of anilines is 1. The highest BCUT2D eigenvalue weighted by Gasteiger charge is 2.37. The second kappa shape index (κ2) is 9.07. The van der Waals surface area contributed by atoms with Gasteiger partial charge in [-0.25, -0.2) is 4.99 Å². The van der Waals surface area contributed by atoms with E-state index in [1.807, 2.05) is 6.92 Å². The van der Waals surface area contributed by atoms with Crippen molar-refractivity contribution in [2.45, 2.75) is 18.6 Å². The Labute approximate surface area is 183 Å². The van der Waals surface area contributed by atoms with Crippen LogP contribution in [0.4, 0.5) is 11.4 Å². The zero-order valence-corrected chi connectivity index (χ0v) is 18.4. The number of amides is 2. The SMILES string of the molecule is COc1ccc(Cl)cc1N=C1S[C@@H](CC(=O)Nc2ccc(Cl)cc2C)C(=O)N1C. The zero-order valence-electron chi connectivity index (χ0n) is 16.0. The molecule has 2 amide bonds. The lowest BCUT2D eigenvalue weighted by molar-refractivity contribution is -0.127. The zero-order chi connectivity index (χ0) is 21.1. The number of carbonyl (C=O) groups excluding carboxylic acids is 2. The number of carbonyl (C=O) groups is 2. The van der Waals surface area contributed by atoms with E-state index in [-0.39, 0.29) is 18.2 Å². The van der Waals surface area contributed by atoms with Gasteiger partial charge in [0, 0.05) is 29.2 Å². The molecule has 0 unspecified atom stereocenters. The van der Waals surface area contributed by atoms with Crippen LogP contribution in [0.25, 0.3) is 0 Å². The average Bonchev–Trinajstić information content (AvgIpc) is 2.92. The van der Waals surface area contributed by atoms with Crippen LogP contribution < -0.4 is 10.1 Å². The molecule has 1 saturated heterocycles. The van der Waals surface area contributed by atoms with Crippen LogP contribution in [0.3, 0.4) is 0 Å². The van der Waals surface area contributed by atoms with E-state index in [0.29, 0.717) is 32.3 Å². The predicted octanol–water partition coefficient (Wildman–Crippen LogP) is 4.90. The molecule has 0 aliphatic carbocycles. The molecule has 0 radical (unpaired) electrons. The number of ether oxygens (including phenoxy) is 1. The van der Waals surface area contributed by atoms with Crippen molar-refractivity contribution in [3.63, 3.8) is 0 Å². The number of methoxy groups -OCH3 is 1. The highest BCUT2D eigenvalue weighted by atomic mass is 35.5. The minimum atomic E-state index is -0.559. The number of hydrogen-bond donors (Lipinski definition) is 1. The lowest BCUT2D eigenvalue weighted by Gasteiger charge is -2.11. The second-order valence-electron chi connectivity index (χ2n) is 6.43. The Balaban J connectivity index is 1.73. The van der Waals surface area contributed by atoms with Crippen molar-refractivity contribution in [3.8, 4) is 5.75 Å². The summed E-state index contributed by atoms with van der Waals surface area (Å²) >= 11 is 13.2. The van der Waals surface area contributed by atoms with E-state index in [4.69, 9.17) is 27.9 Å². The number of halogens is 2. The largest absolute Gasteiger partial charge is 0.494 e. The fourth-order valence-electron chi connectivity index (χ4n) is 2.79. The number of benzene rings is 2. The number of nitrogens with zero attached hydrogens (tertiary/aromatic N) is 2. The third-order valence-corrected chi connectivity index (χ3v) is 6.03. The van der Waals surface area contributed by atoms with Crippen LogP contribution in [-0.2, 0) is 9.59 Å². The second-order valence-corrected chi connectivity index (χ2v) is 8.47. The fraction of sp³-hybridized carbons (Fsp3) is 0.250. The Kier molecular flexibility index (Phi) is 6.72. The molecule has 1 aliphatic rings. The molecule has 0 bridgehead atoms. The van der Waals surface area contributed by atoms with Gasteiger partial charge in [0.1, 0.15) is 16.7 Å². The third-order valence-electron chi connectivity index (χ3n) is 4.33. The molecule has 1 heterocycles. The quantitative estimate of drug-likeness (QED) is 0.701. The van der Waals surface area contributed by atoms with Crippen LogP contribution in [0.2, 0.25) is 10.0 Å². The van der Waals surface area contributed by atoms with Crippen molar-refractivity contribution in [1.82, 2.24) is 4.90 Å². The standard InChI is InChI=1S/C20H19Cl2N3O3S/c1-11-8-12(21)4-6-14(11)23-18(26)10-17-19(27)25(2)20(29-17)24-15-9-13(22)5-7-16(15)28-3/h4-9,17H,10H2,1-3H3,(H,23,26)/t17-/m0/s1. The first kappa shape index (κ1) is 21.5. The van der Waals surface area contributed by atoms with Gasteiger partial charge in [-0.05, 0) is 48.9 Å². The van der Waals surface area contributed by atoms with Gasteiger partial charge in [0.2, 0.25) is 11.8 Å². The van der Waals surface area contributed by atoms with Gasteiger partial charge in [0.25, 0.3) is 0 Å². The van der Waals surface area contributed by atoms with Gasteiger partial charge < -0.3 is 10.1 Å². The molecule has 152 valence electrons. The minimum absolute atomic E-state index is 0.0294. The number of nitrogens with one attached hydrogen (secondary N) is 1. The van der Waals surface area contributed by atoms with Crippen molar-refractivity contribution >= 4 is 63.3 Å². The molecule has 0 spiro atoms. The van der Waals surface area contributed by atoms with Crippen molar-refractivity contribution in [3.05, 3.63) is 52.0 Å². The van der Waals surface area contributed by atoms with Crippen molar-refractivity contribution in [2.24, 2.45) is 4.99 Å². The molecule has 1 aliphatic heterocycles. The molecule has 1 N–H and O–H groups in total. The summed E-state index contributed by atoms with van der Waals surface area (Å²) in [7, 11) is 3.17. The monoisotopic (exact) mass is 451 g/mol. The maximum absolute atomic E-state index is 12.6. The topological polar surface area (TPSA) is 71.0 Å². The first-order valence-electron chi connectivity index (χ1n) is 8.71. The van der Waals surface area contributed by atoms with E-state index < -0.39 is 5.25 Å². The lowest BCUT2D eigenvalue weighted by atomic mass is 10.2. The van der Waals surface area contributed by atoms with E-state index in [0.717, 1.165) is 5.56 Å². The van der Waals surface area contributed by atoms with Crippen LogP contribution in [-0.4, -0.2) is 41.3 Å². The summed E-state index contributed by atoms with van der Waals surface area (Å²) in [5.74, 6) is 0.108. The molecular weight excluding hydrogens is 433 g/mol. The summed E-state index contributed by atoms with van der Waals surface area (Å²) in [6.07, 6.45) is 0.0294. The number of thioether (sulfide) groups is 1. The van der Waals surface area contributed by atoms with Gasteiger partial charge in [-0.2, -0.15) is 0 Å². The molecule has 1 atom stereocenters. The van der Waals surface area contributed by atoms with Gasteiger partial charge in [0.05, 0.1) is 7.11 Å². The molecule has 1 fully saturated rings. The van der Waals surface area contributed by atoms with Crippen molar-refractivity contribution in [2.75, 3.05) is 19.5 Å². The predicted molar refractivity (Wildman–Crippen MR) is 119 cm³/mol. The van der Waals surface area contributed by atoms with Gasteiger partial charge in [0.15, 0.2) is 5.17 Å². The van der Waals surface area contributed by atoms with Gasteiger partial charge in [-0.3, -0.25) is 14.5 Å². The summed E-state index contributed by atoms with van der Waals surface area (Å²) < 4.78 is 5.30. The number of aryl methyl sites for hydroxylation is 1. The van der Waals surface area contributed by atoms with E-state index in [2.05, 4.69) is 10.3 Å². The summed E-state index contributed by atoms with van der Waals surface area (Å²) in [6, 6.07) is 10.3. The lowest BCUT2D eigenvalue weighted by Crippen LogP contribution is -2.30. The summed E-state index contributed by atoms with van der Waals surface area (Å²) in [5, 5.41) is 3.86. The third kappa shape index (κ3) is 5.04. The molecule has 3 rings (SSSR count).